The monoisotopic (exact) mass is 204 g/mol. The first-order chi connectivity index (χ1) is 7.09. The van der Waals surface area contributed by atoms with Gasteiger partial charge in [0.2, 0.25) is 0 Å². The van der Waals surface area contributed by atoms with Crippen molar-refractivity contribution in [2.24, 2.45) is 5.41 Å². The van der Waals surface area contributed by atoms with Crippen LogP contribution >= 0.6 is 0 Å². The van der Waals surface area contributed by atoms with E-state index in [4.69, 9.17) is 0 Å². The standard InChI is InChI=1S/C15H24/c1-5-15(4,6-2)12-11-14-9-7-13(3)8-10-14/h7-10H,5-6,11-12H2,1-4H3. The van der Waals surface area contributed by atoms with Crippen molar-refractivity contribution in [2.45, 2.75) is 53.4 Å². The Kier molecular flexibility index (Phi) is 4.38. The summed E-state index contributed by atoms with van der Waals surface area (Å²) in [7, 11) is 0. The molecule has 0 nitrogen and oxygen atoms in total. The van der Waals surface area contributed by atoms with E-state index in [2.05, 4.69) is 52.0 Å². The zero-order valence-electron chi connectivity index (χ0n) is 10.6. The predicted molar refractivity (Wildman–Crippen MR) is 68.2 cm³/mol. The maximum Gasteiger partial charge on any atom is -0.0274 e. The molecule has 0 fully saturated rings. The van der Waals surface area contributed by atoms with Crippen molar-refractivity contribution < 1.29 is 0 Å². The second kappa shape index (κ2) is 5.34. The van der Waals surface area contributed by atoms with Crippen LogP contribution in [0.25, 0.3) is 0 Å². The first-order valence-corrected chi connectivity index (χ1v) is 6.15. The molecule has 0 radical (unpaired) electrons. The van der Waals surface area contributed by atoms with Gasteiger partial charge in [0, 0.05) is 0 Å². The molecule has 15 heavy (non-hydrogen) atoms. The fourth-order valence-electron chi connectivity index (χ4n) is 1.80. The molecule has 0 aliphatic rings. The van der Waals surface area contributed by atoms with E-state index in [9.17, 15) is 0 Å². The summed E-state index contributed by atoms with van der Waals surface area (Å²) >= 11 is 0. The van der Waals surface area contributed by atoms with Crippen molar-refractivity contribution in [3.63, 3.8) is 0 Å². The summed E-state index contributed by atoms with van der Waals surface area (Å²) in [5.41, 5.74) is 3.37. The van der Waals surface area contributed by atoms with E-state index in [1.807, 2.05) is 0 Å². The van der Waals surface area contributed by atoms with Crippen LogP contribution in [0.3, 0.4) is 0 Å². The van der Waals surface area contributed by atoms with Crippen LogP contribution in [0.1, 0.15) is 51.2 Å². The summed E-state index contributed by atoms with van der Waals surface area (Å²) in [4.78, 5) is 0. The highest BCUT2D eigenvalue weighted by atomic mass is 14.2. The lowest BCUT2D eigenvalue weighted by molar-refractivity contribution is 0.273. The summed E-state index contributed by atoms with van der Waals surface area (Å²) in [5.74, 6) is 0. The molecule has 0 atom stereocenters. The van der Waals surface area contributed by atoms with E-state index in [0.29, 0.717) is 5.41 Å². The Balaban J connectivity index is 2.53. The minimum Gasteiger partial charge on any atom is -0.0649 e. The van der Waals surface area contributed by atoms with E-state index in [1.54, 1.807) is 0 Å². The fraction of sp³-hybridized carbons (Fsp3) is 0.600. The fourth-order valence-corrected chi connectivity index (χ4v) is 1.80. The Labute approximate surface area is 94.7 Å². The first-order valence-electron chi connectivity index (χ1n) is 6.15. The molecule has 1 aromatic rings. The SMILES string of the molecule is CCC(C)(CC)CCc1ccc(C)cc1. The van der Waals surface area contributed by atoms with Gasteiger partial charge in [-0.1, -0.05) is 63.4 Å². The van der Waals surface area contributed by atoms with Crippen molar-refractivity contribution in [3.8, 4) is 0 Å². The van der Waals surface area contributed by atoms with Gasteiger partial charge < -0.3 is 0 Å². The van der Waals surface area contributed by atoms with Crippen LogP contribution in [-0.4, -0.2) is 0 Å². The molecule has 0 aliphatic heterocycles. The lowest BCUT2D eigenvalue weighted by Crippen LogP contribution is -2.14. The highest BCUT2D eigenvalue weighted by Crippen LogP contribution is 2.31. The van der Waals surface area contributed by atoms with Gasteiger partial charge in [-0.3, -0.25) is 0 Å². The van der Waals surface area contributed by atoms with Crippen LogP contribution in [0.15, 0.2) is 24.3 Å². The smallest absolute Gasteiger partial charge is 0.0274 e. The molecule has 0 heteroatoms. The van der Waals surface area contributed by atoms with Gasteiger partial charge in [-0.05, 0) is 30.7 Å². The lowest BCUT2D eigenvalue weighted by Gasteiger charge is -2.26. The lowest BCUT2D eigenvalue weighted by atomic mass is 9.79. The first kappa shape index (κ1) is 12.3. The second-order valence-electron chi connectivity index (χ2n) is 5.00. The zero-order valence-corrected chi connectivity index (χ0v) is 10.6. The minimum absolute atomic E-state index is 0.533. The summed E-state index contributed by atoms with van der Waals surface area (Å²) in [6, 6.07) is 8.96. The van der Waals surface area contributed by atoms with Gasteiger partial charge in [-0.15, -0.1) is 0 Å². The summed E-state index contributed by atoms with van der Waals surface area (Å²) in [6.07, 6.45) is 5.10. The molecule has 0 aromatic heterocycles. The summed E-state index contributed by atoms with van der Waals surface area (Å²) in [5, 5.41) is 0. The molecule has 0 amide bonds. The van der Waals surface area contributed by atoms with Crippen LogP contribution < -0.4 is 0 Å². The third-order valence-electron chi connectivity index (χ3n) is 3.84. The Morgan fingerprint density at radius 1 is 1.00 bits per heavy atom. The maximum atomic E-state index is 2.40. The second-order valence-corrected chi connectivity index (χ2v) is 5.00. The van der Waals surface area contributed by atoms with Gasteiger partial charge in [-0.2, -0.15) is 0 Å². The largest absolute Gasteiger partial charge is 0.0649 e. The topological polar surface area (TPSA) is 0 Å². The molecule has 84 valence electrons. The molecular weight excluding hydrogens is 180 g/mol. The van der Waals surface area contributed by atoms with Crippen LogP contribution in [0.2, 0.25) is 0 Å². The van der Waals surface area contributed by atoms with Crippen molar-refractivity contribution in [3.05, 3.63) is 35.4 Å². The Morgan fingerprint density at radius 3 is 2.00 bits per heavy atom. The van der Waals surface area contributed by atoms with Crippen LogP contribution in [0.5, 0.6) is 0 Å². The molecule has 0 saturated carbocycles. The Hall–Kier alpha value is -0.780. The van der Waals surface area contributed by atoms with Crippen molar-refractivity contribution >= 4 is 0 Å². The number of benzene rings is 1. The van der Waals surface area contributed by atoms with Gasteiger partial charge in [0.1, 0.15) is 0 Å². The Morgan fingerprint density at radius 2 is 1.53 bits per heavy atom. The van der Waals surface area contributed by atoms with E-state index in [1.165, 1.54) is 36.8 Å². The van der Waals surface area contributed by atoms with Crippen LogP contribution in [0, 0.1) is 12.3 Å². The average molecular weight is 204 g/mol. The molecule has 1 aromatic carbocycles. The van der Waals surface area contributed by atoms with Crippen molar-refractivity contribution in [1.29, 1.82) is 0 Å². The third kappa shape index (κ3) is 3.70. The maximum absolute atomic E-state index is 2.40. The molecule has 1 rings (SSSR count). The molecule has 0 aliphatic carbocycles. The van der Waals surface area contributed by atoms with E-state index in [-0.39, 0.29) is 0 Å². The van der Waals surface area contributed by atoms with Crippen molar-refractivity contribution in [1.82, 2.24) is 0 Å². The van der Waals surface area contributed by atoms with Gasteiger partial charge in [-0.25, -0.2) is 0 Å². The van der Waals surface area contributed by atoms with Crippen molar-refractivity contribution in [2.75, 3.05) is 0 Å². The van der Waals surface area contributed by atoms with Gasteiger partial charge in [0.25, 0.3) is 0 Å². The molecule has 0 unspecified atom stereocenters. The number of aryl methyl sites for hydroxylation is 2. The zero-order chi connectivity index (χ0) is 11.3. The van der Waals surface area contributed by atoms with Gasteiger partial charge >= 0.3 is 0 Å². The van der Waals surface area contributed by atoms with Gasteiger partial charge in [0.05, 0.1) is 0 Å². The number of rotatable bonds is 5. The normalized spacial score (nSPS) is 11.7. The van der Waals surface area contributed by atoms with Crippen LogP contribution in [0.4, 0.5) is 0 Å². The van der Waals surface area contributed by atoms with E-state index >= 15 is 0 Å². The minimum atomic E-state index is 0.533. The average Bonchev–Trinajstić information content (AvgIpc) is 2.28. The molecular formula is C15H24. The molecule has 0 bridgehead atoms. The third-order valence-corrected chi connectivity index (χ3v) is 3.84. The summed E-state index contributed by atoms with van der Waals surface area (Å²) < 4.78 is 0. The quantitative estimate of drug-likeness (QED) is 0.649. The molecule has 0 spiro atoms. The van der Waals surface area contributed by atoms with Crippen LogP contribution in [-0.2, 0) is 6.42 Å². The Bertz CT molecular complexity index is 277. The molecule has 0 saturated heterocycles. The number of hydrogen-bond acceptors (Lipinski definition) is 0. The van der Waals surface area contributed by atoms with E-state index in [0.717, 1.165) is 0 Å². The predicted octanol–water partition coefficient (Wildman–Crippen LogP) is 4.75. The highest BCUT2D eigenvalue weighted by molar-refractivity contribution is 5.21. The van der Waals surface area contributed by atoms with E-state index < -0.39 is 0 Å². The summed E-state index contributed by atoms with van der Waals surface area (Å²) in [6.45, 7) is 9.16. The number of hydrogen-bond donors (Lipinski definition) is 0. The van der Waals surface area contributed by atoms with Gasteiger partial charge in [0.15, 0.2) is 0 Å². The molecule has 0 N–H and O–H groups in total. The highest BCUT2D eigenvalue weighted by Gasteiger charge is 2.18. The molecule has 0 heterocycles.